The molecule has 5 heteroatoms. The molecule has 0 saturated heterocycles. The van der Waals surface area contributed by atoms with Crippen molar-refractivity contribution in [1.82, 2.24) is 20.3 Å². The normalized spacial score (nSPS) is 12.2. The lowest BCUT2D eigenvalue weighted by molar-refractivity contribution is 0.0915. The molecule has 3 aromatic rings. The van der Waals surface area contributed by atoms with E-state index in [1.807, 2.05) is 49.4 Å². The third kappa shape index (κ3) is 2.63. The van der Waals surface area contributed by atoms with Crippen LogP contribution >= 0.6 is 0 Å². The lowest BCUT2D eigenvalue weighted by Gasteiger charge is -2.17. The summed E-state index contributed by atoms with van der Waals surface area (Å²) in [5.41, 5.74) is 2.38. The molecule has 1 heterocycles. The second kappa shape index (κ2) is 5.75. The molecule has 0 aliphatic carbocycles. The van der Waals surface area contributed by atoms with Crippen LogP contribution in [0.5, 0.6) is 0 Å². The van der Waals surface area contributed by atoms with Crippen molar-refractivity contribution in [3.8, 4) is 0 Å². The van der Waals surface area contributed by atoms with E-state index in [2.05, 4.69) is 15.6 Å². The topological polar surface area (TPSA) is 59.8 Å². The molecule has 0 bridgehead atoms. The number of carbonyl (C=O) groups excluding carboxylic acids is 1. The Hall–Kier alpha value is -2.69. The van der Waals surface area contributed by atoms with Crippen molar-refractivity contribution in [2.75, 3.05) is 0 Å². The lowest BCUT2D eigenvalue weighted by Crippen LogP contribution is -2.32. The molecular formula is C16H16N4O. The van der Waals surface area contributed by atoms with Gasteiger partial charge in [0.25, 0.3) is 5.91 Å². The van der Waals surface area contributed by atoms with E-state index in [9.17, 15) is 4.79 Å². The van der Waals surface area contributed by atoms with Crippen molar-refractivity contribution >= 4 is 16.9 Å². The Kier molecular flexibility index (Phi) is 3.64. The molecule has 2 aromatic carbocycles. The molecule has 0 radical (unpaired) electrons. The van der Waals surface area contributed by atoms with Gasteiger partial charge in [-0.25, -0.2) is 4.68 Å². The van der Waals surface area contributed by atoms with Crippen LogP contribution in [0.15, 0.2) is 54.6 Å². The Labute approximate surface area is 122 Å². The summed E-state index contributed by atoms with van der Waals surface area (Å²) in [6.07, 6.45) is 0.511. The van der Waals surface area contributed by atoms with E-state index < -0.39 is 0 Å². The summed E-state index contributed by atoms with van der Waals surface area (Å²) >= 11 is 0. The number of aromatic nitrogens is 3. The Bertz CT molecular complexity index is 751. The Morgan fingerprint density at radius 3 is 2.62 bits per heavy atom. The van der Waals surface area contributed by atoms with Crippen molar-refractivity contribution in [1.29, 1.82) is 0 Å². The minimum atomic E-state index is -0.217. The number of carbonyl (C=O) groups is 1. The average Bonchev–Trinajstić information content (AvgIpc) is 2.97. The summed E-state index contributed by atoms with van der Waals surface area (Å²) in [5, 5.41) is 11.3. The van der Waals surface area contributed by atoms with Gasteiger partial charge in [-0.2, -0.15) is 0 Å². The van der Waals surface area contributed by atoms with Crippen molar-refractivity contribution in [3.63, 3.8) is 0 Å². The number of nitrogens with zero attached hydrogens (tertiary/aromatic N) is 3. The molecular weight excluding hydrogens is 264 g/mol. The molecule has 0 saturated carbocycles. The fourth-order valence-electron chi connectivity index (χ4n) is 2.28. The first-order valence-electron chi connectivity index (χ1n) is 6.95. The van der Waals surface area contributed by atoms with Crippen LogP contribution in [0.25, 0.3) is 11.0 Å². The number of fused-ring (bicyclic) bond motifs is 1. The Morgan fingerprint density at radius 1 is 1.14 bits per heavy atom. The minimum Gasteiger partial charge on any atom is -0.330 e. The van der Waals surface area contributed by atoms with E-state index >= 15 is 0 Å². The van der Waals surface area contributed by atoms with E-state index in [1.165, 1.54) is 0 Å². The van der Waals surface area contributed by atoms with Crippen LogP contribution in [-0.4, -0.2) is 20.9 Å². The highest BCUT2D eigenvalue weighted by molar-refractivity contribution is 5.94. The van der Waals surface area contributed by atoms with Gasteiger partial charge in [0.05, 0.1) is 5.52 Å². The van der Waals surface area contributed by atoms with Crippen LogP contribution in [0.3, 0.4) is 0 Å². The van der Waals surface area contributed by atoms with Gasteiger partial charge in [0, 0.05) is 5.56 Å². The number of amides is 1. The molecule has 1 aromatic heterocycles. The molecule has 21 heavy (non-hydrogen) atoms. The quantitative estimate of drug-likeness (QED) is 0.799. The first kappa shape index (κ1) is 13.3. The van der Waals surface area contributed by atoms with Crippen molar-refractivity contribution in [2.24, 2.45) is 0 Å². The van der Waals surface area contributed by atoms with Gasteiger partial charge in [0.1, 0.15) is 11.7 Å². The summed E-state index contributed by atoms with van der Waals surface area (Å²) in [5.74, 6) is -0.109. The van der Waals surface area contributed by atoms with Crippen LogP contribution in [0.4, 0.5) is 0 Å². The number of hydrogen-bond acceptors (Lipinski definition) is 3. The highest BCUT2D eigenvalue weighted by Crippen LogP contribution is 2.16. The third-order valence-electron chi connectivity index (χ3n) is 3.39. The number of benzene rings is 2. The monoisotopic (exact) mass is 280 g/mol. The third-order valence-corrected chi connectivity index (χ3v) is 3.39. The largest absolute Gasteiger partial charge is 0.330 e. The fraction of sp³-hybridized carbons (Fsp3) is 0.188. The lowest BCUT2D eigenvalue weighted by atomic mass is 10.2. The maximum Gasteiger partial charge on any atom is 0.252 e. The molecule has 1 amide bonds. The predicted octanol–water partition coefficient (Wildman–Crippen LogP) is 2.77. The van der Waals surface area contributed by atoms with Crippen molar-refractivity contribution in [2.45, 2.75) is 19.5 Å². The van der Waals surface area contributed by atoms with Crippen LogP contribution in [0.2, 0.25) is 0 Å². The van der Waals surface area contributed by atoms with Gasteiger partial charge in [-0.15, -0.1) is 5.10 Å². The summed E-state index contributed by atoms with van der Waals surface area (Å²) in [7, 11) is 0. The number of rotatable bonds is 4. The Morgan fingerprint density at radius 2 is 1.86 bits per heavy atom. The van der Waals surface area contributed by atoms with Crippen molar-refractivity contribution in [3.05, 3.63) is 60.2 Å². The van der Waals surface area contributed by atoms with Crippen LogP contribution in [0, 0.1) is 0 Å². The zero-order valence-electron chi connectivity index (χ0n) is 11.7. The minimum absolute atomic E-state index is 0.109. The van der Waals surface area contributed by atoms with Gasteiger partial charge < -0.3 is 5.32 Å². The summed E-state index contributed by atoms with van der Waals surface area (Å²) in [4.78, 5) is 12.3. The maximum absolute atomic E-state index is 12.3. The smallest absolute Gasteiger partial charge is 0.252 e. The van der Waals surface area contributed by atoms with Gasteiger partial charge in [0.15, 0.2) is 0 Å². The zero-order chi connectivity index (χ0) is 14.7. The van der Waals surface area contributed by atoms with E-state index in [0.717, 1.165) is 17.5 Å². The first-order chi connectivity index (χ1) is 10.3. The number of hydrogen-bond donors (Lipinski definition) is 1. The van der Waals surface area contributed by atoms with Gasteiger partial charge in [-0.05, 0) is 30.7 Å². The fourth-order valence-corrected chi connectivity index (χ4v) is 2.28. The van der Waals surface area contributed by atoms with E-state index in [1.54, 1.807) is 16.8 Å². The molecule has 1 atom stereocenters. The van der Waals surface area contributed by atoms with Gasteiger partial charge in [0.2, 0.25) is 0 Å². The summed E-state index contributed by atoms with van der Waals surface area (Å²) in [6, 6.07) is 16.9. The maximum atomic E-state index is 12.3. The van der Waals surface area contributed by atoms with E-state index in [-0.39, 0.29) is 12.1 Å². The molecule has 5 nitrogen and oxygen atoms in total. The van der Waals surface area contributed by atoms with Crippen LogP contribution < -0.4 is 5.32 Å². The number of nitrogens with one attached hydrogen (secondary N) is 1. The Balaban J connectivity index is 1.87. The highest BCUT2D eigenvalue weighted by atomic mass is 16.1. The zero-order valence-corrected chi connectivity index (χ0v) is 11.7. The van der Waals surface area contributed by atoms with Crippen LogP contribution in [0.1, 0.15) is 29.9 Å². The number of para-hydroxylation sites is 1. The molecule has 0 aliphatic heterocycles. The molecule has 1 unspecified atom stereocenters. The SMILES string of the molecule is CCC(NC(=O)c1ccccc1)n1nnc2ccccc21. The van der Waals surface area contributed by atoms with E-state index in [0.29, 0.717) is 5.56 Å². The molecule has 0 spiro atoms. The van der Waals surface area contributed by atoms with E-state index in [4.69, 9.17) is 0 Å². The summed E-state index contributed by atoms with van der Waals surface area (Å²) in [6.45, 7) is 2.01. The average molecular weight is 280 g/mol. The first-order valence-corrected chi connectivity index (χ1v) is 6.95. The van der Waals surface area contributed by atoms with Gasteiger partial charge in [-0.3, -0.25) is 4.79 Å². The molecule has 1 N–H and O–H groups in total. The molecule has 0 aliphatic rings. The standard InChI is InChI=1S/C16H16N4O/c1-2-15(17-16(21)12-8-4-3-5-9-12)20-14-11-7-6-10-13(14)18-19-20/h3-11,15H,2H2,1H3,(H,17,21). The molecule has 106 valence electrons. The second-order valence-corrected chi connectivity index (χ2v) is 4.79. The van der Waals surface area contributed by atoms with Crippen molar-refractivity contribution < 1.29 is 4.79 Å². The highest BCUT2D eigenvalue weighted by Gasteiger charge is 2.16. The summed E-state index contributed by atoms with van der Waals surface area (Å²) < 4.78 is 1.76. The molecule has 0 fully saturated rings. The van der Waals surface area contributed by atoms with Crippen LogP contribution in [-0.2, 0) is 0 Å². The van der Waals surface area contributed by atoms with Gasteiger partial charge >= 0.3 is 0 Å². The predicted molar refractivity (Wildman–Crippen MR) is 80.8 cm³/mol. The van der Waals surface area contributed by atoms with Gasteiger partial charge in [-0.1, -0.05) is 42.5 Å². The molecule has 3 rings (SSSR count). The second-order valence-electron chi connectivity index (χ2n) is 4.79.